The van der Waals surface area contributed by atoms with E-state index in [1.54, 1.807) is 6.26 Å². The summed E-state index contributed by atoms with van der Waals surface area (Å²) in [5.41, 5.74) is 3.14. The third-order valence-electron chi connectivity index (χ3n) is 5.28. The van der Waals surface area contributed by atoms with Crippen molar-refractivity contribution in [3.05, 3.63) is 89.9 Å². The molecular formula is C24H27N3O2. The highest BCUT2D eigenvalue weighted by Gasteiger charge is 2.17. The van der Waals surface area contributed by atoms with E-state index in [-0.39, 0.29) is 5.91 Å². The zero-order valence-corrected chi connectivity index (χ0v) is 16.6. The smallest absolute Gasteiger partial charge is 0.228 e. The van der Waals surface area contributed by atoms with E-state index in [4.69, 9.17) is 4.42 Å². The quantitative estimate of drug-likeness (QED) is 0.668. The summed E-state index contributed by atoms with van der Waals surface area (Å²) in [5, 5.41) is 2.98. The fraction of sp³-hybridized carbons (Fsp3) is 0.292. The third-order valence-corrected chi connectivity index (χ3v) is 5.28. The Hall–Kier alpha value is -2.89. The predicted molar refractivity (Wildman–Crippen MR) is 114 cm³/mol. The molecule has 1 aromatic heterocycles. The lowest BCUT2D eigenvalue weighted by Crippen LogP contribution is -2.45. The summed E-state index contributed by atoms with van der Waals surface area (Å²) < 4.78 is 5.45. The van der Waals surface area contributed by atoms with Crippen LogP contribution in [0.3, 0.4) is 0 Å². The van der Waals surface area contributed by atoms with Gasteiger partial charge in [-0.25, -0.2) is 0 Å². The first-order chi connectivity index (χ1) is 14.2. The Kier molecular flexibility index (Phi) is 6.39. The van der Waals surface area contributed by atoms with E-state index in [0.29, 0.717) is 6.42 Å². The summed E-state index contributed by atoms with van der Waals surface area (Å²) in [6, 6.07) is 22.0. The summed E-state index contributed by atoms with van der Waals surface area (Å²) >= 11 is 0. The van der Waals surface area contributed by atoms with Crippen molar-refractivity contribution in [2.45, 2.75) is 19.5 Å². The maximum atomic E-state index is 12.2. The van der Waals surface area contributed by atoms with E-state index in [0.717, 1.165) is 56.3 Å². The molecule has 2 aromatic carbocycles. The maximum Gasteiger partial charge on any atom is 0.228 e. The van der Waals surface area contributed by atoms with Crippen LogP contribution >= 0.6 is 0 Å². The van der Waals surface area contributed by atoms with Crippen LogP contribution in [0, 0.1) is 0 Å². The molecule has 0 radical (unpaired) electrons. The van der Waals surface area contributed by atoms with Crippen molar-refractivity contribution in [3.63, 3.8) is 0 Å². The second-order valence-corrected chi connectivity index (χ2v) is 7.54. The lowest BCUT2D eigenvalue weighted by molar-refractivity contribution is -0.115. The number of benzene rings is 2. The van der Waals surface area contributed by atoms with Crippen LogP contribution in [-0.2, 0) is 24.3 Å². The topological polar surface area (TPSA) is 48.7 Å². The standard InChI is InChI=1S/C24H27N3O2/c28-24(17-20-5-2-1-3-6-20)25-22-10-8-21(9-11-22)18-26-12-14-27(15-13-26)19-23-7-4-16-29-23/h1-11,16H,12-15,17-19H2,(H,25,28). The van der Waals surface area contributed by atoms with Crippen LogP contribution in [0.4, 0.5) is 5.69 Å². The van der Waals surface area contributed by atoms with E-state index in [2.05, 4.69) is 27.2 Å². The van der Waals surface area contributed by atoms with Crippen LogP contribution in [-0.4, -0.2) is 41.9 Å². The van der Waals surface area contributed by atoms with Gasteiger partial charge in [0.05, 0.1) is 19.2 Å². The van der Waals surface area contributed by atoms with Gasteiger partial charge in [-0.15, -0.1) is 0 Å². The first-order valence-corrected chi connectivity index (χ1v) is 10.1. The number of carbonyl (C=O) groups is 1. The highest BCUT2D eigenvalue weighted by atomic mass is 16.3. The molecule has 0 spiro atoms. The van der Waals surface area contributed by atoms with E-state index in [1.807, 2.05) is 54.6 Å². The van der Waals surface area contributed by atoms with Gasteiger partial charge in [-0.05, 0) is 35.4 Å². The average molecular weight is 389 g/mol. The van der Waals surface area contributed by atoms with Crippen molar-refractivity contribution in [2.75, 3.05) is 31.5 Å². The molecule has 0 atom stereocenters. The molecule has 0 saturated carbocycles. The largest absolute Gasteiger partial charge is 0.468 e. The molecule has 5 heteroatoms. The van der Waals surface area contributed by atoms with Gasteiger partial charge in [0.2, 0.25) is 5.91 Å². The number of nitrogens with zero attached hydrogens (tertiary/aromatic N) is 2. The van der Waals surface area contributed by atoms with E-state index >= 15 is 0 Å². The van der Waals surface area contributed by atoms with E-state index in [1.165, 1.54) is 5.56 Å². The number of piperazine rings is 1. The van der Waals surface area contributed by atoms with Crippen molar-refractivity contribution in [3.8, 4) is 0 Å². The number of hydrogen-bond acceptors (Lipinski definition) is 4. The van der Waals surface area contributed by atoms with Crippen LogP contribution in [0.2, 0.25) is 0 Å². The molecule has 1 amide bonds. The zero-order chi connectivity index (χ0) is 19.9. The second kappa shape index (κ2) is 9.54. The Morgan fingerprint density at radius 1 is 0.793 bits per heavy atom. The Balaban J connectivity index is 1.22. The predicted octanol–water partition coefficient (Wildman–Crippen LogP) is 3.78. The maximum absolute atomic E-state index is 12.2. The third kappa shape index (κ3) is 5.79. The summed E-state index contributed by atoms with van der Waals surface area (Å²) in [5.74, 6) is 1.04. The van der Waals surface area contributed by atoms with E-state index in [9.17, 15) is 4.79 Å². The molecule has 1 fully saturated rings. The molecule has 3 aromatic rings. The molecule has 0 aliphatic carbocycles. The fourth-order valence-corrected chi connectivity index (χ4v) is 3.67. The molecule has 1 aliphatic heterocycles. The van der Waals surface area contributed by atoms with Crippen molar-refractivity contribution >= 4 is 11.6 Å². The minimum Gasteiger partial charge on any atom is -0.468 e. The van der Waals surface area contributed by atoms with Crippen molar-refractivity contribution in [1.82, 2.24) is 9.80 Å². The first-order valence-electron chi connectivity index (χ1n) is 10.1. The number of hydrogen-bond donors (Lipinski definition) is 1. The number of amides is 1. The molecule has 1 aliphatic rings. The first kappa shape index (κ1) is 19.4. The van der Waals surface area contributed by atoms with Crippen LogP contribution in [0.15, 0.2) is 77.4 Å². The van der Waals surface area contributed by atoms with Crippen LogP contribution in [0.25, 0.3) is 0 Å². The second-order valence-electron chi connectivity index (χ2n) is 7.54. The van der Waals surface area contributed by atoms with Gasteiger partial charge in [0.15, 0.2) is 0 Å². The SMILES string of the molecule is O=C(Cc1ccccc1)Nc1ccc(CN2CCN(Cc3ccco3)CC2)cc1. The van der Waals surface area contributed by atoms with Crippen molar-refractivity contribution in [1.29, 1.82) is 0 Å². The summed E-state index contributed by atoms with van der Waals surface area (Å²) in [4.78, 5) is 17.1. The number of furan rings is 1. The molecule has 0 unspecified atom stereocenters. The van der Waals surface area contributed by atoms with Gasteiger partial charge in [-0.2, -0.15) is 0 Å². The van der Waals surface area contributed by atoms with Crippen LogP contribution < -0.4 is 5.32 Å². The van der Waals surface area contributed by atoms with Gasteiger partial charge in [0, 0.05) is 38.4 Å². The Labute approximate surface area is 171 Å². The van der Waals surface area contributed by atoms with Gasteiger partial charge in [-0.3, -0.25) is 14.6 Å². The molecule has 0 bridgehead atoms. The van der Waals surface area contributed by atoms with Crippen molar-refractivity contribution < 1.29 is 9.21 Å². The minimum absolute atomic E-state index is 0.0108. The van der Waals surface area contributed by atoms with Gasteiger partial charge in [-0.1, -0.05) is 42.5 Å². The number of carbonyl (C=O) groups excluding carboxylic acids is 1. The van der Waals surface area contributed by atoms with Gasteiger partial charge in [0.25, 0.3) is 0 Å². The zero-order valence-electron chi connectivity index (χ0n) is 16.6. The van der Waals surface area contributed by atoms with E-state index < -0.39 is 0 Å². The normalized spacial score (nSPS) is 15.3. The monoisotopic (exact) mass is 389 g/mol. The lowest BCUT2D eigenvalue weighted by atomic mass is 10.1. The Morgan fingerprint density at radius 3 is 2.14 bits per heavy atom. The number of nitrogens with one attached hydrogen (secondary N) is 1. The molecule has 29 heavy (non-hydrogen) atoms. The van der Waals surface area contributed by atoms with Gasteiger partial charge in [0.1, 0.15) is 5.76 Å². The van der Waals surface area contributed by atoms with Gasteiger partial charge >= 0.3 is 0 Å². The molecule has 4 rings (SSSR count). The molecule has 2 heterocycles. The molecule has 1 saturated heterocycles. The van der Waals surface area contributed by atoms with Crippen LogP contribution in [0.5, 0.6) is 0 Å². The summed E-state index contributed by atoms with van der Waals surface area (Å²) in [6.07, 6.45) is 2.13. The highest BCUT2D eigenvalue weighted by Crippen LogP contribution is 2.15. The average Bonchev–Trinajstić information content (AvgIpc) is 3.25. The number of anilines is 1. The molecule has 5 nitrogen and oxygen atoms in total. The Bertz CT molecular complexity index is 884. The van der Waals surface area contributed by atoms with Crippen LogP contribution in [0.1, 0.15) is 16.9 Å². The minimum atomic E-state index is 0.0108. The number of rotatable bonds is 7. The van der Waals surface area contributed by atoms with Gasteiger partial charge < -0.3 is 9.73 Å². The summed E-state index contributed by atoms with van der Waals surface area (Å²) in [7, 11) is 0. The lowest BCUT2D eigenvalue weighted by Gasteiger charge is -2.34. The Morgan fingerprint density at radius 2 is 1.48 bits per heavy atom. The summed E-state index contributed by atoms with van der Waals surface area (Å²) in [6.45, 7) is 6.03. The molecular weight excluding hydrogens is 362 g/mol. The highest BCUT2D eigenvalue weighted by molar-refractivity contribution is 5.92. The van der Waals surface area contributed by atoms with Crippen molar-refractivity contribution in [2.24, 2.45) is 0 Å². The molecule has 150 valence electrons. The fourth-order valence-electron chi connectivity index (χ4n) is 3.67. The molecule has 1 N–H and O–H groups in total.